The molecular formula is C17H16O2. The van der Waals surface area contributed by atoms with E-state index in [1.165, 1.54) is 18.4 Å². The molecule has 2 aromatic carbocycles. The van der Waals surface area contributed by atoms with Gasteiger partial charge in [-0.3, -0.25) is 4.79 Å². The van der Waals surface area contributed by atoms with E-state index in [2.05, 4.69) is 12.1 Å². The molecule has 0 radical (unpaired) electrons. The molecule has 1 aliphatic carbocycles. The Kier molecular flexibility index (Phi) is 3.32. The van der Waals surface area contributed by atoms with E-state index in [0.717, 1.165) is 23.2 Å². The summed E-state index contributed by atoms with van der Waals surface area (Å²) < 4.78 is 5.91. The number of rotatable bonds is 5. The summed E-state index contributed by atoms with van der Waals surface area (Å²) in [7, 11) is 0. The van der Waals surface area contributed by atoms with Crippen molar-refractivity contribution < 1.29 is 9.53 Å². The third-order valence-corrected chi connectivity index (χ3v) is 3.42. The van der Waals surface area contributed by atoms with Crippen LogP contribution in [0.4, 0.5) is 0 Å². The molecule has 0 amide bonds. The van der Waals surface area contributed by atoms with Gasteiger partial charge in [0.1, 0.15) is 18.6 Å². The van der Waals surface area contributed by atoms with Crippen LogP contribution in [0.3, 0.4) is 0 Å². The molecule has 0 bridgehead atoms. The van der Waals surface area contributed by atoms with Gasteiger partial charge in [0.15, 0.2) is 0 Å². The predicted molar refractivity (Wildman–Crippen MR) is 74.6 cm³/mol. The first-order valence-corrected chi connectivity index (χ1v) is 6.62. The second kappa shape index (κ2) is 5.27. The van der Waals surface area contributed by atoms with Gasteiger partial charge in [-0.1, -0.05) is 30.3 Å². The molecule has 0 unspecified atom stereocenters. The van der Waals surface area contributed by atoms with E-state index < -0.39 is 0 Å². The van der Waals surface area contributed by atoms with Crippen LogP contribution in [-0.4, -0.2) is 6.29 Å². The van der Waals surface area contributed by atoms with E-state index in [9.17, 15) is 4.79 Å². The highest BCUT2D eigenvalue weighted by atomic mass is 16.5. The molecule has 0 N–H and O–H groups in total. The van der Waals surface area contributed by atoms with Crippen molar-refractivity contribution in [2.75, 3.05) is 0 Å². The highest BCUT2D eigenvalue weighted by Crippen LogP contribution is 2.44. The molecule has 1 fully saturated rings. The smallest absolute Gasteiger partial charge is 0.150 e. The van der Waals surface area contributed by atoms with Crippen molar-refractivity contribution in [3.8, 4) is 5.75 Å². The van der Waals surface area contributed by atoms with E-state index in [4.69, 9.17) is 4.74 Å². The van der Waals surface area contributed by atoms with Gasteiger partial charge < -0.3 is 4.74 Å². The van der Waals surface area contributed by atoms with E-state index in [-0.39, 0.29) is 0 Å². The lowest BCUT2D eigenvalue weighted by Crippen LogP contribution is -1.98. The minimum Gasteiger partial charge on any atom is -0.489 e. The van der Waals surface area contributed by atoms with Gasteiger partial charge in [-0.25, -0.2) is 0 Å². The second-order valence-electron chi connectivity index (χ2n) is 4.96. The number of hydrogen-bond acceptors (Lipinski definition) is 2. The molecule has 1 saturated carbocycles. The molecule has 0 aromatic heterocycles. The summed E-state index contributed by atoms with van der Waals surface area (Å²) in [6, 6.07) is 15.8. The lowest BCUT2D eigenvalue weighted by atomic mass is 10.1. The fraction of sp³-hybridized carbons (Fsp3) is 0.235. The monoisotopic (exact) mass is 252 g/mol. The van der Waals surface area contributed by atoms with Gasteiger partial charge >= 0.3 is 0 Å². The van der Waals surface area contributed by atoms with Crippen molar-refractivity contribution in [3.63, 3.8) is 0 Å². The maximum atomic E-state index is 10.9. The van der Waals surface area contributed by atoms with Crippen LogP contribution in [0.1, 0.15) is 40.2 Å². The molecular weight excluding hydrogens is 236 g/mol. The molecule has 96 valence electrons. The number of ether oxygens (including phenoxy) is 1. The molecule has 0 heterocycles. The number of hydrogen-bond donors (Lipinski definition) is 0. The van der Waals surface area contributed by atoms with Crippen LogP contribution < -0.4 is 4.74 Å². The number of aldehydes is 1. The van der Waals surface area contributed by atoms with Crippen LogP contribution in [0.5, 0.6) is 5.75 Å². The first-order valence-electron chi connectivity index (χ1n) is 6.62. The molecule has 0 spiro atoms. The minimum atomic E-state index is 0.570. The predicted octanol–water partition coefficient (Wildman–Crippen LogP) is 3.96. The molecule has 2 heteroatoms. The third-order valence-electron chi connectivity index (χ3n) is 3.42. The number of carbonyl (C=O) groups excluding carboxylic acids is 1. The molecule has 0 aliphatic heterocycles. The van der Waals surface area contributed by atoms with Gasteiger partial charge in [0, 0.05) is 5.56 Å². The average molecular weight is 252 g/mol. The van der Waals surface area contributed by atoms with Crippen LogP contribution in [0.25, 0.3) is 0 Å². The van der Waals surface area contributed by atoms with Gasteiger partial charge in [-0.05, 0) is 48.1 Å². The van der Waals surface area contributed by atoms with Crippen LogP contribution in [0.15, 0.2) is 48.5 Å². The summed E-state index contributed by atoms with van der Waals surface area (Å²) in [5, 5.41) is 0. The van der Waals surface area contributed by atoms with Crippen LogP contribution >= 0.6 is 0 Å². The molecule has 1 aliphatic rings. The van der Waals surface area contributed by atoms with Crippen molar-refractivity contribution >= 4 is 6.29 Å². The maximum Gasteiger partial charge on any atom is 0.150 e. The zero-order valence-electron chi connectivity index (χ0n) is 10.7. The lowest BCUT2D eigenvalue weighted by Gasteiger charge is -2.11. The summed E-state index contributed by atoms with van der Waals surface area (Å²) in [6.45, 7) is 0.570. The molecule has 2 aromatic rings. The van der Waals surface area contributed by atoms with E-state index in [1.807, 2.05) is 36.4 Å². The number of carbonyl (C=O) groups is 1. The topological polar surface area (TPSA) is 26.3 Å². The summed E-state index contributed by atoms with van der Waals surface area (Å²) in [5.41, 5.74) is 3.07. The first kappa shape index (κ1) is 12.0. The van der Waals surface area contributed by atoms with Crippen molar-refractivity contribution in [1.82, 2.24) is 0 Å². The Labute approximate surface area is 113 Å². The first-order chi connectivity index (χ1) is 9.36. The molecule has 0 atom stereocenters. The fourth-order valence-electron chi connectivity index (χ4n) is 2.22. The highest BCUT2D eigenvalue weighted by Gasteiger charge is 2.27. The van der Waals surface area contributed by atoms with Gasteiger partial charge in [0.25, 0.3) is 0 Å². The van der Waals surface area contributed by atoms with Gasteiger partial charge in [0.2, 0.25) is 0 Å². The van der Waals surface area contributed by atoms with E-state index >= 15 is 0 Å². The van der Waals surface area contributed by atoms with E-state index in [1.54, 1.807) is 0 Å². The molecule has 19 heavy (non-hydrogen) atoms. The maximum absolute atomic E-state index is 10.9. The van der Waals surface area contributed by atoms with E-state index in [0.29, 0.717) is 12.5 Å². The molecule has 3 rings (SSSR count). The Bertz CT molecular complexity index is 571. The summed E-state index contributed by atoms with van der Waals surface area (Å²) >= 11 is 0. The fourth-order valence-corrected chi connectivity index (χ4v) is 2.22. The number of benzene rings is 2. The van der Waals surface area contributed by atoms with Gasteiger partial charge in [-0.2, -0.15) is 0 Å². The lowest BCUT2D eigenvalue weighted by molar-refractivity contribution is 0.112. The van der Waals surface area contributed by atoms with Crippen molar-refractivity contribution in [3.05, 3.63) is 65.2 Å². The van der Waals surface area contributed by atoms with Crippen LogP contribution in [-0.2, 0) is 6.61 Å². The van der Waals surface area contributed by atoms with Crippen LogP contribution in [0, 0.1) is 0 Å². The SMILES string of the molecule is O=Cc1ccc(OCc2ccccc2)c(C2CC2)c1. The summed E-state index contributed by atoms with van der Waals surface area (Å²) in [4.78, 5) is 10.9. The molecule has 0 saturated heterocycles. The Hall–Kier alpha value is -2.09. The Balaban J connectivity index is 1.78. The Morgan fingerprint density at radius 1 is 1.11 bits per heavy atom. The summed E-state index contributed by atoms with van der Waals surface area (Å²) in [6.07, 6.45) is 3.29. The quantitative estimate of drug-likeness (QED) is 0.753. The largest absolute Gasteiger partial charge is 0.489 e. The Morgan fingerprint density at radius 3 is 2.58 bits per heavy atom. The minimum absolute atomic E-state index is 0.570. The Morgan fingerprint density at radius 2 is 1.89 bits per heavy atom. The third kappa shape index (κ3) is 2.84. The zero-order valence-corrected chi connectivity index (χ0v) is 10.7. The summed E-state index contributed by atoms with van der Waals surface area (Å²) in [5.74, 6) is 1.49. The standard InChI is InChI=1S/C17H16O2/c18-11-14-6-9-17(16(10-14)15-7-8-15)19-12-13-4-2-1-3-5-13/h1-6,9-11,15H,7-8,12H2. The normalized spacial score (nSPS) is 14.1. The average Bonchev–Trinajstić information content (AvgIpc) is 3.30. The highest BCUT2D eigenvalue weighted by molar-refractivity contribution is 5.75. The van der Waals surface area contributed by atoms with Crippen molar-refractivity contribution in [2.45, 2.75) is 25.4 Å². The van der Waals surface area contributed by atoms with Crippen molar-refractivity contribution in [1.29, 1.82) is 0 Å². The second-order valence-corrected chi connectivity index (χ2v) is 4.96. The van der Waals surface area contributed by atoms with Gasteiger partial charge in [0.05, 0.1) is 0 Å². The zero-order chi connectivity index (χ0) is 13.1. The van der Waals surface area contributed by atoms with Crippen molar-refractivity contribution in [2.24, 2.45) is 0 Å². The van der Waals surface area contributed by atoms with Crippen LogP contribution in [0.2, 0.25) is 0 Å². The van der Waals surface area contributed by atoms with Gasteiger partial charge in [-0.15, -0.1) is 0 Å². The molecule has 2 nitrogen and oxygen atoms in total.